The van der Waals surface area contributed by atoms with Crippen LogP contribution in [0.2, 0.25) is 0 Å². The van der Waals surface area contributed by atoms with E-state index in [0.717, 1.165) is 38.7 Å². The summed E-state index contributed by atoms with van der Waals surface area (Å²) in [4.78, 5) is 3.48. The second-order valence-corrected chi connectivity index (χ2v) is 5.50. The van der Waals surface area contributed by atoms with E-state index in [4.69, 9.17) is 9.15 Å². The Kier molecular flexibility index (Phi) is 2.15. The number of para-hydroxylation sites is 1. The summed E-state index contributed by atoms with van der Waals surface area (Å²) in [7, 11) is 1.67. The van der Waals surface area contributed by atoms with Crippen molar-refractivity contribution in [2.45, 2.75) is 0 Å². The number of methoxy groups -OCH3 is 1. The highest BCUT2D eigenvalue weighted by molar-refractivity contribution is 6.26. The Morgan fingerprint density at radius 2 is 1.73 bits per heavy atom. The van der Waals surface area contributed by atoms with E-state index in [9.17, 15) is 0 Å². The molecule has 2 aromatic heterocycles. The van der Waals surface area contributed by atoms with Crippen LogP contribution in [0.1, 0.15) is 0 Å². The highest BCUT2D eigenvalue weighted by atomic mass is 16.5. The SMILES string of the molecule is COc1ccc2c(c1)oc1ccc3[nH]c4ccccc4c3c12. The standard InChI is InChI=1S/C19H13NO2/c1-21-11-6-7-13-17(10-11)22-16-9-8-15-18(19(13)16)12-4-2-3-5-14(12)20-15/h2-10,20H,1H3. The molecule has 0 saturated carbocycles. The molecule has 0 unspecified atom stereocenters. The zero-order valence-corrected chi connectivity index (χ0v) is 12.0. The van der Waals surface area contributed by atoms with Crippen molar-refractivity contribution in [3.05, 3.63) is 54.6 Å². The number of furan rings is 1. The van der Waals surface area contributed by atoms with E-state index in [1.165, 1.54) is 10.8 Å². The summed E-state index contributed by atoms with van der Waals surface area (Å²) in [6, 6.07) is 18.5. The van der Waals surface area contributed by atoms with E-state index in [2.05, 4.69) is 35.3 Å². The molecule has 3 nitrogen and oxygen atoms in total. The Morgan fingerprint density at radius 3 is 2.64 bits per heavy atom. The van der Waals surface area contributed by atoms with Gasteiger partial charge in [-0.2, -0.15) is 0 Å². The average Bonchev–Trinajstić information content (AvgIpc) is 3.11. The Morgan fingerprint density at radius 1 is 0.818 bits per heavy atom. The molecule has 5 aromatic rings. The number of H-pyrrole nitrogens is 1. The number of rotatable bonds is 1. The predicted molar refractivity (Wildman–Crippen MR) is 89.6 cm³/mol. The van der Waals surface area contributed by atoms with Crippen molar-refractivity contribution in [3.63, 3.8) is 0 Å². The summed E-state index contributed by atoms with van der Waals surface area (Å²) in [5, 5.41) is 4.72. The highest BCUT2D eigenvalue weighted by Gasteiger charge is 2.14. The third-order valence-electron chi connectivity index (χ3n) is 4.31. The molecule has 2 heterocycles. The fraction of sp³-hybridized carbons (Fsp3) is 0.0526. The molecule has 0 aliphatic heterocycles. The first kappa shape index (κ1) is 11.7. The second kappa shape index (κ2) is 4.04. The van der Waals surface area contributed by atoms with Gasteiger partial charge in [0.1, 0.15) is 16.9 Å². The number of fused-ring (bicyclic) bond motifs is 7. The van der Waals surface area contributed by atoms with Crippen LogP contribution >= 0.6 is 0 Å². The molecular formula is C19H13NO2. The van der Waals surface area contributed by atoms with Gasteiger partial charge in [-0.05, 0) is 30.3 Å². The lowest BCUT2D eigenvalue weighted by Crippen LogP contribution is -1.80. The quantitative estimate of drug-likeness (QED) is 0.458. The Balaban J connectivity index is 2.06. The number of hydrogen-bond donors (Lipinski definition) is 1. The van der Waals surface area contributed by atoms with Crippen LogP contribution in [0.25, 0.3) is 43.7 Å². The van der Waals surface area contributed by atoms with E-state index in [1.807, 2.05) is 24.3 Å². The number of aromatic amines is 1. The molecule has 1 N–H and O–H groups in total. The molecule has 0 saturated heterocycles. The monoisotopic (exact) mass is 287 g/mol. The van der Waals surface area contributed by atoms with E-state index in [1.54, 1.807) is 7.11 Å². The van der Waals surface area contributed by atoms with Crippen LogP contribution in [0.3, 0.4) is 0 Å². The molecule has 0 fully saturated rings. The summed E-state index contributed by atoms with van der Waals surface area (Å²) in [5.41, 5.74) is 4.03. The molecule has 22 heavy (non-hydrogen) atoms. The molecule has 3 heteroatoms. The van der Waals surface area contributed by atoms with E-state index in [-0.39, 0.29) is 0 Å². The zero-order chi connectivity index (χ0) is 14.7. The van der Waals surface area contributed by atoms with Gasteiger partial charge in [0.05, 0.1) is 7.11 Å². The Hall–Kier alpha value is -2.94. The first-order chi connectivity index (χ1) is 10.8. The number of hydrogen-bond acceptors (Lipinski definition) is 2. The first-order valence-electron chi connectivity index (χ1n) is 7.25. The van der Waals surface area contributed by atoms with Gasteiger partial charge in [-0.25, -0.2) is 0 Å². The maximum atomic E-state index is 6.03. The summed E-state index contributed by atoms with van der Waals surface area (Å²) in [6.07, 6.45) is 0. The predicted octanol–water partition coefficient (Wildman–Crippen LogP) is 5.23. The van der Waals surface area contributed by atoms with Gasteiger partial charge in [0.2, 0.25) is 0 Å². The molecule has 0 spiro atoms. The minimum Gasteiger partial charge on any atom is -0.497 e. The second-order valence-electron chi connectivity index (χ2n) is 5.50. The smallest absolute Gasteiger partial charge is 0.139 e. The average molecular weight is 287 g/mol. The van der Waals surface area contributed by atoms with Crippen molar-refractivity contribution < 1.29 is 9.15 Å². The van der Waals surface area contributed by atoms with Crippen molar-refractivity contribution >= 4 is 43.7 Å². The lowest BCUT2D eigenvalue weighted by molar-refractivity contribution is 0.414. The molecule has 0 aliphatic rings. The van der Waals surface area contributed by atoms with Gasteiger partial charge in [0.25, 0.3) is 0 Å². The van der Waals surface area contributed by atoms with Crippen LogP contribution in [-0.2, 0) is 0 Å². The van der Waals surface area contributed by atoms with Gasteiger partial charge in [0.15, 0.2) is 0 Å². The summed E-state index contributed by atoms with van der Waals surface area (Å²) < 4.78 is 11.3. The minimum absolute atomic E-state index is 0.807. The molecule has 0 amide bonds. The lowest BCUT2D eigenvalue weighted by Gasteiger charge is -1.98. The largest absolute Gasteiger partial charge is 0.497 e. The highest BCUT2D eigenvalue weighted by Crippen LogP contribution is 2.39. The summed E-state index contributed by atoms with van der Waals surface area (Å²) in [5.74, 6) is 0.807. The van der Waals surface area contributed by atoms with Gasteiger partial charge in [0, 0.05) is 38.6 Å². The van der Waals surface area contributed by atoms with Crippen LogP contribution in [0.15, 0.2) is 59.0 Å². The van der Waals surface area contributed by atoms with Gasteiger partial charge in [-0.3, -0.25) is 0 Å². The molecule has 0 bridgehead atoms. The van der Waals surface area contributed by atoms with E-state index in [0.29, 0.717) is 0 Å². The molecule has 106 valence electrons. The molecule has 3 aromatic carbocycles. The molecular weight excluding hydrogens is 274 g/mol. The van der Waals surface area contributed by atoms with Crippen molar-refractivity contribution in [3.8, 4) is 5.75 Å². The first-order valence-corrected chi connectivity index (χ1v) is 7.25. The maximum absolute atomic E-state index is 6.03. The number of aromatic nitrogens is 1. The lowest BCUT2D eigenvalue weighted by atomic mass is 10.1. The topological polar surface area (TPSA) is 38.2 Å². The van der Waals surface area contributed by atoms with Gasteiger partial charge < -0.3 is 14.1 Å². The van der Waals surface area contributed by atoms with Gasteiger partial charge in [-0.1, -0.05) is 18.2 Å². The van der Waals surface area contributed by atoms with Crippen molar-refractivity contribution in [2.75, 3.05) is 7.11 Å². The van der Waals surface area contributed by atoms with E-state index >= 15 is 0 Å². The molecule has 0 radical (unpaired) electrons. The minimum atomic E-state index is 0.807. The van der Waals surface area contributed by atoms with Crippen molar-refractivity contribution in [1.82, 2.24) is 4.98 Å². The van der Waals surface area contributed by atoms with Crippen molar-refractivity contribution in [1.29, 1.82) is 0 Å². The van der Waals surface area contributed by atoms with E-state index < -0.39 is 0 Å². The van der Waals surface area contributed by atoms with Crippen LogP contribution in [-0.4, -0.2) is 12.1 Å². The van der Waals surface area contributed by atoms with Gasteiger partial charge in [-0.15, -0.1) is 0 Å². The van der Waals surface area contributed by atoms with Crippen LogP contribution in [0.4, 0.5) is 0 Å². The normalized spacial score (nSPS) is 11.9. The van der Waals surface area contributed by atoms with Gasteiger partial charge >= 0.3 is 0 Å². The third kappa shape index (κ3) is 1.40. The van der Waals surface area contributed by atoms with Crippen LogP contribution in [0.5, 0.6) is 5.75 Å². The number of benzene rings is 3. The Bertz CT molecular complexity index is 1160. The van der Waals surface area contributed by atoms with Crippen molar-refractivity contribution in [2.24, 2.45) is 0 Å². The molecule has 0 atom stereocenters. The zero-order valence-electron chi connectivity index (χ0n) is 12.0. The van der Waals surface area contributed by atoms with Crippen LogP contribution < -0.4 is 4.74 Å². The fourth-order valence-electron chi connectivity index (χ4n) is 3.31. The molecule has 5 rings (SSSR count). The maximum Gasteiger partial charge on any atom is 0.139 e. The summed E-state index contributed by atoms with van der Waals surface area (Å²) >= 11 is 0. The number of ether oxygens (including phenoxy) is 1. The Labute approximate surface area is 126 Å². The number of nitrogens with one attached hydrogen (secondary N) is 1. The fourth-order valence-corrected chi connectivity index (χ4v) is 3.31. The summed E-state index contributed by atoms with van der Waals surface area (Å²) in [6.45, 7) is 0. The van der Waals surface area contributed by atoms with Crippen LogP contribution in [0, 0.1) is 0 Å². The molecule has 0 aliphatic carbocycles. The third-order valence-corrected chi connectivity index (χ3v) is 4.31.